The highest BCUT2D eigenvalue weighted by Gasteiger charge is 2.46. The molecule has 1 amide bonds. The van der Waals surface area contributed by atoms with E-state index in [0.717, 1.165) is 22.3 Å². The van der Waals surface area contributed by atoms with Gasteiger partial charge in [-0.2, -0.15) is 0 Å². The van der Waals surface area contributed by atoms with Crippen molar-refractivity contribution in [2.75, 3.05) is 0 Å². The van der Waals surface area contributed by atoms with Crippen LogP contribution in [0, 0.1) is 6.92 Å². The van der Waals surface area contributed by atoms with Crippen LogP contribution in [0.4, 0.5) is 0 Å². The number of aliphatic hydroxyl groups excluding tert-OH is 1. The van der Waals surface area contributed by atoms with Crippen molar-refractivity contribution in [3.63, 3.8) is 0 Å². The molecule has 6 rings (SSSR count). The number of hydrogen-bond donors (Lipinski definition) is 1. The molecule has 7 heteroatoms. The molecule has 0 bridgehead atoms. The minimum atomic E-state index is -0.807. The van der Waals surface area contributed by atoms with Crippen LogP contribution in [-0.2, 0) is 29.3 Å². The van der Waals surface area contributed by atoms with Crippen molar-refractivity contribution in [1.82, 2.24) is 9.88 Å². The first kappa shape index (κ1) is 29.4. The van der Waals surface area contributed by atoms with Gasteiger partial charge in [-0.1, -0.05) is 66.7 Å². The Kier molecular flexibility index (Phi) is 8.69. The summed E-state index contributed by atoms with van der Waals surface area (Å²) < 4.78 is 11.9. The van der Waals surface area contributed by atoms with Crippen molar-refractivity contribution in [3.05, 3.63) is 167 Å². The van der Waals surface area contributed by atoms with Gasteiger partial charge in [0, 0.05) is 24.5 Å². The number of amides is 1. The van der Waals surface area contributed by atoms with E-state index < -0.39 is 17.7 Å². The molecule has 5 aromatic rings. The van der Waals surface area contributed by atoms with E-state index in [2.05, 4.69) is 4.98 Å². The van der Waals surface area contributed by atoms with Crippen molar-refractivity contribution >= 4 is 17.4 Å². The number of carbonyl (C=O) groups is 2. The lowest BCUT2D eigenvalue weighted by atomic mass is 9.95. The first-order chi connectivity index (χ1) is 22.0. The van der Waals surface area contributed by atoms with Crippen LogP contribution in [-0.4, -0.2) is 26.7 Å². The second-order valence-corrected chi connectivity index (χ2v) is 10.9. The van der Waals surface area contributed by atoms with Crippen LogP contribution in [0.2, 0.25) is 0 Å². The summed E-state index contributed by atoms with van der Waals surface area (Å²) in [6.07, 6.45) is 3.28. The zero-order valence-electron chi connectivity index (χ0n) is 24.8. The summed E-state index contributed by atoms with van der Waals surface area (Å²) in [5.74, 6) is -0.396. The minimum absolute atomic E-state index is 0.0283. The van der Waals surface area contributed by atoms with Gasteiger partial charge in [-0.05, 0) is 83.3 Å². The van der Waals surface area contributed by atoms with E-state index in [1.54, 1.807) is 48.8 Å². The first-order valence-electron chi connectivity index (χ1n) is 14.7. The molecule has 224 valence electrons. The quantitative estimate of drug-likeness (QED) is 0.104. The van der Waals surface area contributed by atoms with Crippen LogP contribution in [0.15, 0.2) is 133 Å². The van der Waals surface area contributed by atoms with Gasteiger partial charge in [0.25, 0.3) is 11.7 Å². The van der Waals surface area contributed by atoms with Crippen LogP contribution in [0.3, 0.4) is 0 Å². The van der Waals surface area contributed by atoms with Gasteiger partial charge in [0.15, 0.2) is 0 Å². The molecule has 0 aliphatic carbocycles. The molecule has 7 nitrogen and oxygen atoms in total. The van der Waals surface area contributed by atoms with E-state index in [9.17, 15) is 14.7 Å². The van der Waals surface area contributed by atoms with Crippen molar-refractivity contribution < 1.29 is 24.2 Å². The Labute approximate surface area is 262 Å². The largest absolute Gasteiger partial charge is 0.507 e. The predicted octanol–water partition coefficient (Wildman–Crippen LogP) is 7.17. The zero-order chi connectivity index (χ0) is 31.2. The molecule has 1 saturated heterocycles. The summed E-state index contributed by atoms with van der Waals surface area (Å²) in [5, 5.41) is 11.5. The molecule has 1 aromatic heterocycles. The molecule has 1 aliphatic heterocycles. The summed E-state index contributed by atoms with van der Waals surface area (Å²) >= 11 is 0. The van der Waals surface area contributed by atoms with Crippen LogP contribution in [0.1, 0.15) is 39.4 Å². The molecular formula is C38H32N2O5. The van der Waals surface area contributed by atoms with Crippen molar-refractivity contribution in [3.8, 4) is 11.5 Å². The summed E-state index contributed by atoms with van der Waals surface area (Å²) in [4.78, 5) is 32.5. The van der Waals surface area contributed by atoms with E-state index in [1.807, 2.05) is 85.8 Å². The molecule has 1 fully saturated rings. The summed E-state index contributed by atoms with van der Waals surface area (Å²) in [5.41, 5.74) is 5.19. The average molecular weight is 597 g/mol. The summed E-state index contributed by atoms with van der Waals surface area (Å²) in [7, 11) is 0. The molecule has 1 aliphatic rings. The molecule has 45 heavy (non-hydrogen) atoms. The fourth-order valence-electron chi connectivity index (χ4n) is 5.36. The predicted molar refractivity (Wildman–Crippen MR) is 171 cm³/mol. The van der Waals surface area contributed by atoms with E-state index in [0.29, 0.717) is 35.8 Å². The van der Waals surface area contributed by atoms with Gasteiger partial charge < -0.3 is 19.5 Å². The SMILES string of the molecule is Cc1ccccc1COc1ccc(/C(O)=C2\C(=O)C(=O)N(Cc3ccncc3)C2c2ccc(OCc3ccccc3)cc2)cc1. The summed E-state index contributed by atoms with van der Waals surface area (Å²) in [6.45, 7) is 3.02. The number of aromatic nitrogens is 1. The van der Waals surface area contributed by atoms with Crippen LogP contribution >= 0.6 is 0 Å². The second kappa shape index (κ2) is 13.3. The third-order valence-electron chi connectivity index (χ3n) is 7.87. The van der Waals surface area contributed by atoms with E-state index >= 15 is 0 Å². The van der Waals surface area contributed by atoms with Gasteiger partial charge in [0.05, 0.1) is 11.6 Å². The van der Waals surface area contributed by atoms with Crippen LogP contribution < -0.4 is 9.47 Å². The maximum atomic E-state index is 13.5. The lowest BCUT2D eigenvalue weighted by molar-refractivity contribution is -0.140. The fraction of sp³-hybridized carbons (Fsp3) is 0.132. The van der Waals surface area contributed by atoms with Crippen molar-refractivity contribution in [2.24, 2.45) is 0 Å². The lowest BCUT2D eigenvalue weighted by Gasteiger charge is -2.25. The Bertz CT molecular complexity index is 1820. The number of hydrogen-bond acceptors (Lipinski definition) is 6. The molecule has 2 heterocycles. The number of rotatable bonds is 10. The van der Waals surface area contributed by atoms with Crippen molar-refractivity contribution in [1.29, 1.82) is 0 Å². The molecule has 1 N–H and O–H groups in total. The third-order valence-corrected chi connectivity index (χ3v) is 7.87. The minimum Gasteiger partial charge on any atom is -0.507 e. The van der Waals surface area contributed by atoms with Gasteiger partial charge in [-0.3, -0.25) is 14.6 Å². The van der Waals surface area contributed by atoms with Gasteiger partial charge in [0.1, 0.15) is 30.5 Å². The third kappa shape index (κ3) is 6.63. The number of pyridine rings is 1. The molecule has 0 spiro atoms. The number of likely N-dealkylation sites (tertiary alicyclic amines) is 1. The fourth-order valence-corrected chi connectivity index (χ4v) is 5.36. The topological polar surface area (TPSA) is 89.0 Å². The Balaban J connectivity index is 1.29. The first-order valence-corrected chi connectivity index (χ1v) is 14.7. The van der Waals surface area contributed by atoms with Gasteiger partial charge in [0.2, 0.25) is 0 Å². The van der Waals surface area contributed by atoms with Crippen molar-refractivity contribution in [2.45, 2.75) is 32.7 Å². The normalized spacial score (nSPS) is 15.7. The number of ether oxygens (including phenoxy) is 2. The smallest absolute Gasteiger partial charge is 0.295 e. The number of aliphatic hydroxyl groups is 1. The molecular weight excluding hydrogens is 564 g/mol. The van der Waals surface area contributed by atoms with Crippen LogP contribution in [0.25, 0.3) is 5.76 Å². The maximum Gasteiger partial charge on any atom is 0.295 e. The molecule has 0 saturated carbocycles. The van der Waals surface area contributed by atoms with Gasteiger partial charge in [-0.15, -0.1) is 0 Å². The lowest BCUT2D eigenvalue weighted by Crippen LogP contribution is -2.29. The standard InChI is InChI=1S/C38H32N2O5/c1-26-7-5-6-10-31(26)25-45-33-17-13-30(14-18-33)36(41)34-35(40(38(43)37(34)42)23-27-19-21-39-22-20-27)29-11-15-32(16-12-29)44-24-28-8-3-2-4-9-28/h2-22,35,41H,23-25H2,1H3/b36-34+. The second-order valence-electron chi connectivity index (χ2n) is 10.9. The Morgan fingerprint density at radius 2 is 1.36 bits per heavy atom. The highest BCUT2D eigenvalue weighted by atomic mass is 16.5. The average Bonchev–Trinajstić information content (AvgIpc) is 3.33. The summed E-state index contributed by atoms with van der Waals surface area (Å²) in [6, 6.07) is 34.8. The molecule has 0 radical (unpaired) electrons. The van der Waals surface area contributed by atoms with E-state index in [4.69, 9.17) is 9.47 Å². The number of Topliss-reactive ketones (excluding diaryl/α,β-unsaturated/α-hetero) is 1. The zero-order valence-corrected chi connectivity index (χ0v) is 24.8. The maximum absolute atomic E-state index is 13.5. The number of aryl methyl sites for hydroxylation is 1. The monoisotopic (exact) mass is 596 g/mol. The Morgan fingerprint density at radius 3 is 2.04 bits per heavy atom. The Morgan fingerprint density at radius 1 is 0.733 bits per heavy atom. The Hall–Kier alpha value is -5.69. The number of nitrogens with zero attached hydrogens (tertiary/aromatic N) is 2. The van der Waals surface area contributed by atoms with Gasteiger partial charge in [-0.25, -0.2) is 0 Å². The van der Waals surface area contributed by atoms with E-state index in [-0.39, 0.29) is 17.9 Å². The number of ketones is 1. The molecule has 1 atom stereocenters. The van der Waals surface area contributed by atoms with Crippen LogP contribution in [0.5, 0.6) is 11.5 Å². The number of benzene rings is 4. The highest BCUT2D eigenvalue weighted by molar-refractivity contribution is 6.46. The van der Waals surface area contributed by atoms with E-state index in [1.165, 1.54) is 4.90 Å². The molecule has 4 aromatic carbocycles. The number of carbonyl (C=O) groups excluding carboxylic acids is 2. The molecule has 1 unspecified atom stereocenters. The highest BCUT2D eigenvalue weighted by Crippen LogP contribution is 2.41. The van der Waals surface area contributed by atoms with Gasteiger partial charge >= 0.3 is 0 Å².